The van der Waals surface area contributed by atoms with Crippen LogP contribution in [0.4, 0.5) is 0 Å². The number of carboxylic acid groups (broad SMARTS) is 1. The van der Waals surface area contributed by atoms with Gasteiger partial charge >= 0.3 is 5.97 Å². The Morgan fingerprint density at radius 2 is 1.94 bits per heavy atom. The number of carboxylic acids is 1. The summed E-state index contributed by atoms with van der Waals surface area (Å²) in [7, 11) is 0. The largest absolute Gasteiger partial charge is 0.481 e. The number of hydrogen-bond donors (Lipinski definition) is 1. The summed E-state index contributed by atoms with van der Waals surface area (Å²) in [6.07, 6.45) is 0.767. The fourth-order valence-corrected chi connectivity index (χ4v) is 2.82. The molecule has 0 spiro atoms. The summed E-state index contributed by atoms with van der Waals surface area (Å²) in [6.45, 7) is 7.09. The van der Waals surface area contributed by atoms with Crippen molar-refractivity contribution >= 4 is 5.97 Å². The molecule has 1 aliphatic carbocycles. The van der Waals surface area contributed by atoms with Crippen LogP contribution in [0.1, 0.15) is 25.8 Å². The fourth-order valence-electron chi connectivity index (χ4n) is 2.82. The Morgan fingerprint density at radius 3 is 2.44 bits per heavy atom. The Morgan fingerprint density at radius 1 is 1.33 bits per heavy atom. The van der Waals surface area contributed by atoms with E-state index in [0.29, 0.717) is 0 Å². The first-order valence-corrected chi connectivity index (χ1v) is 6.66. The van der Waals surface area contributed by atoms with Gasteiger partial charge in [-0.2, -0.15) is 0 Å². The van der Waals surface area contributed by atoms with Crippen molar-refractivity contribution < 1.29 is 9.90 Å². The van der Waals surface area contributed by atoms with Gasteiger partial charge in [-0.15, -0.1) is 0 Å². The second-order valence-electron chi connectivity index (χ2n) is 5.03. The summed E-state index contributed by atoms with van der Waals surface area (Å²) in [5, 5.41) is 9.57. The molecule has 1 saturated carbocycles. The van der Waals surface area contributed by atoms with Crippen LogP contribution in [-0.4, -0.2) is 35.6 Å². The third-order valence-corrected chi connectivity index (χ3v) is 4.15. The van der Waals surface area contributed by atoms with Gasteiger partial charge in [0, 0.05) is 6.54 Å². The summed E-state index contributed by atoms with van der Waals surface area (Å²) < 4.78 is 0. The van der Waals surface area contributed by atoms with Gasteiger partial charge in [-0.25, -0.2) is 0 Å². The van der Waals surface area contributed by atoms with Crippen molar-refractivity contribution in [1.29, 1.82) is 0 Å². The summed E-state index contributed by atoms with van der Waals surface area (Å²) >= 11 is 0. The molecule has 18 heavy (non-hydrogen) atoms. The second kappa shape index (κ2) is 5.11. The van der Waals surface area contributed by atoms with Crippen molar-refractivity contribution in [3.8, 4) is 0 Å². The monoisotopic (exact) mass is 247 g/mol. The van der Waals surface area contributed by atoms with Gasteiger partial charge in [0.2, 0.25) is 0 Å². The van der Waals surface area contributed by atoms with Gasteiger partial charge in [-0.1, -0.05) is 44.2 Å². The van der Waals surface area contributed by atoms with E-state index in [2.05, 4.69) is 18.7 Å². The van der Waals surface area contributed by atoms with Crippen molar-refractivity contribution in [2.24, 2.45) is 5.92 Å². The van der Waals surface area contributed by atoms with E-state index in [-0.39, 0.29) is 5.92 Å². The van der Waals surface area contributed by atoms with Crippen LogP contribution in [0.3, 0.4) is 0 Å². The van der Waals surface area contributed by atoms with E-state index in [9.17, 15) is 9.90 Å². The molecule has 2 atom stereocenters. The summed E-state index contributed by atoms with van der Waals surface area (Å²) in [5.74, 6) is -0.428. The molecule has 0 saturated heterocycles. The predicted molar refractivity (Wildman–Crippen MR) is 71.7 cm³/mol. The van der Waals surface area contributed by atoms with Gasteiger partial charge in [-0.05, 0) is 31.0 Å². The molecular formula is C15H21NO2. The van der Waals surface area contributed by atoms with Gasteiger partial charge in [0.05, 0.1) is 5.41 Å². The first kappa shape index (κ1) is 13.1. The average molecular weight is 247 g/mol. The second-order valence-corrected chi connectivity index (χ2v) is 5.03. The van der Waals surface area contributed by atoms with E-state index in [1.54, 1.807) is 0 Å². The Kier molecular flexibility index (Phi) is 3.71. The minimum Gasteiger partial charge on any atom is -0.481 e. The minimum absolute atomic E-state index is 0.247. The number of rotatable bonds is 6. The smallest absolute Gasteiger partial charge is 0.314 e. The van der Waals surface area contributed by atoms with Gasteiger partial charge in [0.25, 0.3) is 0 Å². The zero-order valence-electron chi connectivity index (χ0n) is 11.1. The molecule has 1 aromatic rings. The van der Waals surface area contributed by atoms with Crippen LogP contribution in [0.25, 0.3) is 0 Å². The number of hydrogen-bond acceptors (Lipinski definition) is 2. The van der Waals surface area contributed by atoms with Gasteiger partial charge in [-0.3, -0.25) is 4.79 Å². The molecule has 1 aliphatic rings. The molecule has 0 aliphatic heterocycles. The Balaban J connectivity index is 2.16. The molecule has 0 heterocycles. The standard InChI is InChI=1S/C15H21NO2/c1-3-16(4-2)11-13-10-15(13,14(17)18)12-8-6-5-7-9-12/h5-9,13H,3-4,10-11H2,1-2H3,(H,17,18)/t13-,15+/m0/s1. The van der Waals surface area contributed by atoms with E-state index in [4.69, 9.17) is 0 Å². The number of carbonyl (C=O) groups is 1. The quantitative estimate of drug-likeness (QED) is 0.839. The van der Waals surface area contributed by atoms with Crippen LogP contribution in [0.2, 0.25) is 0 Å². The lowest BCUT2D eigenvalue weighted by Gasteiger charge is -2.20. The average Bonchev–Trinajstić information content (AvgIpc) is 3.12. The lowest BCUT2D eigenvalue weighted by molar-refractivity contribution is -0.140. The van der Waals surface area contributed by atoms with E-state index < -0.39 is 11.4 Å². The van der Waals surface area contributed by atoms with Crippen LogP contribution in [0, 0.1) is 5.92 Å². The van der Waals surface area contributed by atoms with Crippen molar-refractivity contribution in [2.75, 3.05) is 19.6 Å². The normalized spacial score (nSPS) is 26.3. The zero-order valence-corrected chi connectivity index (χ0v) is 11.1. The maximum absolute atomic E-state index is 11.6. The van der Waals surface area contributed by atoms with Crippen LogP contribution in [-0.2, 0) is 10.2 Å². The highest BCUT2D eigenvalue weighted by molar-refractivity contribution is 5.85. The van der Waals surface area contributed by atoms with Crippen LogP contribution in [0.5, 0.6) is 0 Å². The summed E-state index contributed by atoms with van der Waals surface area (Å²) in [5.41, 5.74) is 0.318. The van der Waals surface area contributed by atoms with Crippen LogP contribution >= 0.6 is 0 Å². The SMILES string of the molecule is CCN(CC)C[C@@H]1C[C@@]1(C(=O)O)c1ccccc1. The number of aliphatic carboxylic acids is 1. The molecule has 3 heteroatoms. The topological polar surface area (TPSA) is 40.5 Å². The molecule has 0 unspecified atom stereocenters. The lowest BCUT2D eigenvalue weighted by Crippen LogP contribution is -2.30. The molecule has 1 N–H and O–H groups in total. The molecule has 0 aromatic heterocycles. The van der Waals surface area contributed by atoms with E-state index in [1.807, 2.05) is 30.3 Å². The molecule has 0 radical (unpaired) electrons. The Labute approximate surface area is 108 Å². The predicted octanol–water partition coefficient (Wildman–Crippen LogP) is 2.37. The lowest BCUT2D eigenvalue weighted by atomic mass is 9.93. The maximum Gasteiger partial charge on any atom is 0.314 e. The van der Waals surface area contributed by atoms with Gasteiger partial charge in [0.15, 0.2) is 0 Å². The van der Waals surface area contributed by atoms with Crippen LogP contribution < -0.4 is 0 Å². The fraction of sp³-hybridized carbons (Fsp3) is 0.533. The van der Waals surface area contributed by atoms with Crippen molar-refractivity contribution in [2.45, 2.75) is 25.7 Å². The van der Waals surface area contributed by atoms with Gasteiger partial charge in [0.1, 0.15) is 0 Å². The first-order valence-electron chi connectivity index (χ1n) is 6.66. The van der Waals surface area contributed by atoms with E-state index in [0.717, 1.165) is 31.6 Å². The summed E-state index contributed by atoms with van der Waals surface area (Å²) in [6, 6.07) is 9.66. The first-order chi connectivity index (χ1) is 8.65. The third kappa shape index (κ3) is 2.15. The Bertz CT molecular complexity index is 414. The van der Waals surface area contributed by atoms with Gasteiger partial charge < -0.3 is 10.0 Å². The van der Waals surface area contributed by atoms with Crippen LogP contribution in [0.15, 0.2) is 30.3 Å². The molecular weight excluding hydrogens is 226 g/mol. The highest BCUT2D eigenvalue weighted by atomic mass is 16.4. The highest BCUT2D eigenvalue weighted by Gasteiger charge is 2.61. The number of benzene rings is 1. The molecule has 0 bridgehead atoms. The summed E-state index contributed by atoms with van der Waals surface area (Å²) in [4.78, 5) is 13.9. The van der Waals surface area contributed by atoms with Crippen molar-refractivity contribution in [3.05, 3.63) is 35.9 Å². The molecule has 1 fully saturated rings. The molecule has 98 valence electrons. The Hall–Kier alpha value is -1.35. The molecule has 0 amide bonds. The van der Waals surface area contributed by atoms with Crippen molar-refractivity contribution in [3.63, 3.8) is 0 Å². The molecule has 2 rings (SSSR count). The highest BCUT2D eigenvalue weighted by Crippen LogP contribution is 2.54. The third-order valence-electron chi connectivity index (χ3n) is 4.15. The minimum atomic E-state index is -0.675. The zero-order chi connectivity index (χ0) is 13.2. The van der Waals surface area contributed by atoms with E-state index in [1.165, 1.54) is 0 Å². The maximum atomic E-state index is 11.6. The van der Waals surface area contributed by atoms with E-state index >= 15 is 0 Å². The number of nitrogens with zero attached hydrogens (tertiary/aromatic N) is 1. The molecule has 1 aromatic carbocycles. The molecule has 3 nitrogen and oxygen atoms in total. The van der Waals surface area contributed by atoms with Crippen molar-refractivity contribution in [1.82, 2.24) is 4.90 Å².